The van der Waals surface area contributed by atoms with Gasteiger partial charge < -0.3 is 10.3 Å². The average Bonchev–Trinajstić information content (AvgIpc) is 2.70. The fourth-order valence-electron chi connectivity index (χ4n) is 3.09. The van der Waals surface area contributed by atoms with Crippen molar-refractivity contribution in [3.05, 3.63) is 33.9 Å². The number of nitrogens with two attached hydrogens (primary N) is 1. The van der Waals surface area contributed by atoms with E-state index in [2.05, 4.69) is 45.8 Å². The zero-order chi connectivity index (χ0) is 12.7. The van der Waals surface area contributed by atoms with E-state index in [0.29, 0.717) is 5.92 Å². The number of aromatic nitrogens is 1. The van der Waals surface area contributed by atoms with Crippen molar-refractivity contribution in [3.8, 4) is 0 Å². The second-order valence-electron chi connectivity index (χ2n) is 5.19. The Labute approximate surface area is 116 Å². The van der Waals surface area contributed by atoms with Crippen LogP contribution >= 0.6 is 15.9 Å². The van der Waals surface area contributed by atoms with E-state index in [1.165, 1.54) is 39.3 Å². The summed E-state index contributed by atoms with van der Waals surface area (Å²) >= 11 is 3.70. The first kappa shape index (κ1) is 12.2. The smallest absolute Gasteiger partial charge is 0.0524 e. The van der Waals surface area contributed by atoms with Crippen LogP contribution < -0.4 is 5.73 Å². The molecule has 0 aliphatic carbocycles. The van der Waals surface area contributed by atoms with Gasteiger partial charge in [-0.25, -0.2) is 0 Å². The lowest BCUT2D eigenvalue weighted by Crippen LogP contribution is -2.13. The molecule has 3 heteroatoms. The summed E-state index contributed by atoms with van der Waals surface area (Å²) in [7, 11) is 0. The summed E-state index contributed by atoms with van der Waals surface area (Å²) in [6.07, 6.45) is 5.77. The fourth-order valence-corrected chi connectivity index (χ4v) is 3.64. The largest absolute Gasteiger partial charge is 0.346 e. The van der Waals surface area contributed by atoms with Gasteiger partial charge in [0.15, 0.2) is 0 Å². The van der Waals surface area contributed by atoms with Crippen LogP contribution in [0.2, 0.25) is 0 Å². The van der Waals surface area contributed by atoms with E-state index < -0.39 is 0 Å². The van der Waals surface area contributed by atoms with Gasteiger partial charge in [-0.2, -0.15) is 0 Å². The molecule has 0 spiro atoms. The third-order valence-corrected chi connectivity index (χ3v) is 4.75. The van der Waals surface area contributed by atoms with Gasteiger partial charge in [0.1, 0.15) is 0 Å². The van der Waals surface area contributed by atoms with Gasteiger partial charge in [-0.3, -0.25) is 0 Å². The van der Waals surface area contributed by atoms with Crippen LogP contribution in [0.15, 0.2) is 22.8 Å². The van der Waals surface area contributed by atoms with Gasteiger partial charge in [-0.05, 0) is 64.8 Å². The molecule has 2 N–H and O–H groups in total. The molecule has 1 atom stereocenters. The average molecular weight is 307 g/mol. The lowest BCUT2D eigenvalue weighted by atomic mass is 9.91. The van der Waals surface area contributed by atoms with Crippen molar-refractivity contribution in [3.63, 3.8) is 0 Å². The Hall–Kier alpha value is -0.800. The summed E-state index contributed by atoms with van der Waals surface area (Å²) in [5, 5.41) is 1.36. The number of hydrogen-bond donors (Lipinski definition) is 1. The van der Waals surface area contributed by atoms with E-state index >= 15 is 0 Å². The summed E-state index contributed by atoms with van der Waals surface area (Å²) in [6.45, 7) is 4.09. The number of aryl methyl sites for hydroxylation is 2. The summed E-state index contributed by atoms with van der Waals surface area (Å²) in [5.41, 5.74) is 10.2. The first-order valence-corrected chi connectivity index (χ1v) is 7.55. The zero-order valence-electron chi connectivity index (χ0n) is 10.7. The fraction of sp³-hybridized carbons (Fsp3) is 0.467. The molecule has 0 bridgehead atoms. The van der Waals surface area contributed by atoms with Gasteiger partial charge >= 0.3 is 0 Å². The number of benzene rings is 1. The highest BCUT2D eigenvalue weighted by atomic mass is 79.9. The van der Waals surface area contributed by atoms with Gasteiger partial charge in [0.2, 0.25) is 0 Å². The lowest BCUT2D eigenvalue weighted by Gasteiger charge is -2.19. The molecule has 1 unspecified atom stereocenters. The first-order chi connectivity index (χ1) is 8.74. The van der Waals surface area contributed by atoms with E-state index in [1.54, 1.807) is 0 Å². The molecule has 1 aliphatic heterocycles. The molecular formula is C15H19BrN2. The van der Waals surface area contributed by atoms with Crippen LogP contribution in [0.25, 0.3) is 10.9 Å². The van der Waals surface area contributed by atoms with Crippen LogP contribution in [0.5, 0.6) is 0 Å². The molecule has 0 amide bonds. The Morgan fingerprint density at radius 2 is 2.28 bits per heavy atom. The maximum atomic E-state index is 5.89. The van der Waals surface area contributed by atoms with E-state index in [0.717, 1.165) is 19.5 Å². The maximum absolute atomic E-state index is 5.89. The van der Waals surface area contributed by atoms with Crippen molar-refractivity contribution in [1.29, 1.82) is 0 Å². The van der Waals surface area contributed by atoms with Gasteiger partial charge in [0.05, 0.1) is 5.52 Å². The van der Waals surface area contributed by atoms with E-state index in [-0.39, 0.29) is 0 Å². The van der Waals surface area contributed by atoms with Crippen molar-refractivity contribution in [2.45, 2.75) is 38.6 Å². The van der Waals surface area contributed by atoms with Crippen molar-refractivity contribution in [2.24, 2.45) is 5.73 Å². The molecule has 0 saturated carbocycles. The normalized spacial score (nSPS) is 16.2. The molecule has 2 aromatic rings. The molecule has 0 saturated heterocycles. The van der Waals surface area contributed by atoms with E-state index in [9.17, 15) is 0 Å². The Morgan fingerprint density at radius 3 is 3.00 bits per heavy atom. The Kier molecular flexibility index (Phi) is 3.20. The highest BCUT2D eigenvalue weighted by Gasteiger charge is 2.18. The number of halogens is 1. The van der Waals surface area contributed by atoms with E-state index in [4.69, 9.17) is 5.73 Å². The van der Waals surface area contributed by atoms with Crippen molar-refractivity contribution >= 4 is 26.8 Å². The lowest BCUT2D eigenvalue weighted by molar-refractivity contribution is 0.631. The Balaban J connectivity index is 2.23. The summed E-state index contributed by atoms with van der Waals surface area (Å²) < 4.78 is 3.60. The van der Waals surface area contributed by atoms with Crippen LogP contribution in [0.3, 0.4) is 0 Å². The second kappa shape index (κ2) is 4.71. The highest BCUT2D eigenvalue weighted by molar-refractivity contribution is 9.10. The Bertz CT molecular complexity index is 582. The zero-order valence-corrected chi connectivity index (χ0v) is 12.3. The first-order valence-electron chi connectivity index (χ1n) is 6.75. The minimum atomic E-state index is 0.489. The third kappa shape index (κ3) is 1.81. The van der Waals surface area contributed by atoms with Crippen LogP contribution in [0.1, 0.15) is 36.8 Å². The standard InChI is InChI=1S/C15H19BrN2/c1-2-10(8-17)12-6-11-4-3-5-18-9-14(16)13(7-12)15(11)18/h6-7,9-10H,2-5,8,17H2,1H3. The van der Waals surface area contributed by atoms with E-state index in [1.807, 2.05) is 0 Å². The van der Waals surface area contributed by atoms with Gasteiger partial charge in [0, 0.05) is 22.6 Å². The van der Waals surface area contributed by atoms with Gasteiger partial charge in [-0.15, -0.1) is 0 Å². The van der Waals surface area contributed by atoms with Crippen molar-refractivity contribution in [2.75, 3.05) is 6.54 Å². The molecule has 96 valence electrons. The molecule has 18 heavy (non-hydrogen) atoms. The van der Waals surface area contributed by atoms with Crippen LogP contribution in [-0.2, 0) is 13.0 Å². The van der Waals surface area contributed by atoms with Crippen LogP contribution in [0, 0.1) is 0 Å². The summed E-state index contributed by atoms with van der Waals surface area (Å²) in [6, 6.07) is 4.71. The number of rotatable bonds is 3. The summed E-state index contributed by atoms with van der Waals surface area (Å²) in [4.78, 5) is 0. The number of hydrogen-bond acceptors (Lipinski definition) is 1. The predicted molar refractivity (Wildman–Crippen MR) is 80.0 cm³/mol. The molecule has 1 aromatic heterocycles. The van der Waals surface area contributed by atoms with Gasteiger partial charge in [0.25, 0.3) is 0 Å². The van der Waals surface area contributed by atoms with Crippen LogP contribution in [0.4, 0.5) is 0 Å². The maximum Gasteiger partial charge on any atom is 0.0524 e. The minimum Gasteiger partial charge on any atom is -0.346 e. The molecule has 1 aliphatic rings. The molecule has 3 rings (SSSR count). The SMILES string of the molecule is CCC(CN)c1cc2c3c(c1)c(Br)cn3CCC2. The summed E-state index contributed by atoms with van der Waals surface area (Å²) in [5.74, 6) is 0.489. The molecule has 0 radical (unpaired) electrons. The van der Waals surface area contributed by atoms with Crippen LogP contribution in [-0.4, -0.2) is 11.1 Å². The predicted octanol–water partition coefficient (Wildman–Crippen LogP) is 3.80. The van der Waals surface area contributed by atoms with Crippen molar-refractivity contribution < 1.29 is 0 Å². The topological polar surface area (TPSA) is 30.9 Å². The Morgan fingerprint density at radius 1 is 1.44 bits per heavy atom. The molecular weight excluding hydrogens is 288 g/mol. The monoisotopic (exact) mass is 306 g/mol. The highest BCUT2D eigenvalue weighted by Crippen LogP contribution is 2.35. The molecule has 0 fully saturated rings. The number of nitrogens with zero attached hydrogens (tertiary/aromatic N) is 1. The third-order valence-electron chi connectivity index (χ3n) is 4.12. The molecule has 1 aromatic carbocycles. The molecule has 2 heterocycles. The van der Waals surface area contributed by atoms with Gasteiger partial charge in [-0.1, -0.05) is 13.0 Å². The minimum absolute atomic E-state index is 0.489. The van der Waals surface area contributed by atoms with Crippen molar-refractivity contribution in [1.82, 2.24) is 4.57 Å². The molecule has 2 nitrogen and oxygen atoms in total. The second-order valence-corrected chi connectivity index (χ2v) is 6.05. The quantitative estimate of drug-likeness (QED) is 0.918.